The van der Waals surface area contributed by atoms with Gasteiger partial charge in [0.1, 0.15) is 28.7 Å². The number of aliphatic hydroxyl groups is 1. The Morgan fingerprint density at radius 3 is 2.54 bits per heavy atom. The molecule has 1 saturated carbocycles. The Bertz CT molecular complexity index is 1920. The van der Waals surface area contributed by atoms with E-state index in [0.717, 1.165) is 65.7 Å². The van der Waals surface area contributed by atoms with Gasteiger partial charge < -0.3 is 15.0 Å². The van der Waals surface area contributed by atoms with E-state index < -0.39 is 28.7 Å². The number of halogens is 3. The molecule has 1 aliphatic heterocycles. The van der Waals surface area contributed by atoms with Crippen LogP contribution in [0.1, 0.15) is 54.7 Å². The van der Waals surface area contributed by atoms with Crippen LogP contribution in [-0.4, -0.2) is 70.4 Å². The molecule has 1 saturated heterocycles. The topological polar surface area (TPSA) is 136 Å². The maximum atomic E-state index is 12.9. The number of rotatable bonds is 11. The monoisotopic (exact) mass is 701 g/mol. The van der Waals surface area contributed by atoms with E-state index in [1.807, 2.05) is 16.7 Å². The summed E-state index contributed by atoms with van der Waals surface area (Å²) in [5.41, 5.74) is 2.48. The quantitative estimate of drug-likeness (QED) is 0.182. The average molecular weight is 702 g/mol. The second kappa shape index (κ2) is 14.1. The minimum Gasteiger partial charge on any atom is -0.391 e. The largest absolute Gasteiger partial charge is 0.393 e. The summed E-state index contributed by atoms with van der Waals surface area (Å²) in [4.78, 5) is 11.6. The van der Waals surface area contributed by atoms with Gasteiger partial charge in [0, 0.05) is 52.9 Å². The molecule has 3 N–H and O–H groups in total. The first-order valence-corrected chi connectivity index (χ1v) is 18.4. The van der Waals surface area contributed by atoms with E-state index in [1.165, 1.54) is 12.4 Å². The first-order valence-electron chi connectivity index (χ1n) is 16.0. The van der Waals surface area contributed by atoms with E-state index in [9.17, 15) is 32.0 Å². The van der Waals surface area contributed by atoms with Crippen molar-refractivity contribution in [2.75, 3.05) is 18.4 Å². The average Bonchev–Trinajstić information content (AvgIpc) is 3.61. The van der Waals surface area contributed by atoms with Gasteiger partial charge in [-0.2, -0.15) is 18.4 Å². The third kappa shape index (κ3) is 8.18. The first-order chi connectivity index (χ1) is 22.9. The van der Waals surface area contributed by atoms with Gasteiger partial charge in [0.25, 0.3) is 0 Å². The second-order valence-electron chi connectivity index (χ2n) is 12.8. The van der Waals surface area contributed by atoms with E-state index in [0.29, 0.717) is 47.4 Å². The molecule has 6 rings (SSSR count). The molecule has 48 heavy (non-hydrogen) atoms. The van der Waals surface area contributed by atoms with Crippen molar-refractivity contribution >= 4 is 48.3 Å². The van der Waals surface area contributed by atoms with Crippen molar-refractivity contribution in [3.8, 4) is 6.07 Å². The molecule has 3 aromatic heterocycles. The van der Waals surface area contributed by atoms with Crippen LogP contribution in [0.5, 0.6) is 0 Å². The number of fused-ring (bicyclic) bond motifs is 2. The van der Waals surface area contributed by atoms with Crippen molar-refractivity contribution in [2.45, 2.75) is 82.4 Å². The number of alkyl halides is 3. The van der Waals surface area contributed by atoms with Crippen molar-refractivity contribution in [1.82, 2.24) is 24.2 Å². The fourth-order valence-corrected chi connectivity index (χ4v) is 8.76. The molecule has 1 atom stereocenters. The molecule has 0 radical (unpaired) electrons. The molecule has 2 aliphatic rings. The summed E-state index contributed by atoms with van der Waals surface area (Å²) in [7, 11) is -3.49. The Morgan fingerprint density at radius 1 is 1.10 bits per heavy atom. The molecule has 2 fully saturated rings. The molecule has 1 aromatic carbocycles. The summed E-state index contributed by atoms with van der Waals surface area (Å²) in [6.45, 7) is 6.03. The number of sulfonamides is 1. The van der Waals surface area contributed by atoms with Crippen LogP contribution in [0.4, 0.5) is 19.0 Å². The van der Waals surface area contributed by atoms with Gasteiger partial charge in [-0.3, -0.25) is 4.90 Å². The maximum absolute atomic E-state index is 12.9. The highest BCUT2D eigenvalue weighted by Crippen LogP contribution is 2.34. The van der Waals surface area contributed by atoms with Crippen LogP contribution in [0.15, 0.2) is 48.6 Å². The van der Waals surface area contributed by atoms with Crippen LogP contribution in [0.25, 0.3) is 21.1 Å². The molecule has 0 amide bonds. The SMILES string of the molecule is C=CS(=O)(=O)NC1CCC(C(O)Cn2c(C#N)cc3cc(CN4CCC(Nc5ncnc6sc(CC(F)(F)F)cc56)CC4)ccc32)CC1. The number of nitriles is 1. The van der Waals surface area contributed by atoms with Gasteiger partial charge >= 0.3 is 6.18 Å². The van der Waals surface area contributed by atoms with Crippen LogP contribution in [0.3, 0.4) is 0 Å². The van der Waals surface area contributed by atoms with Gasteiger partial charge in [-0.15, -0.1) is 11.3 Å². The van der Waals surface area contributed by atoms with Crippen molar-refractivity contribution < 1.29 is 26.7 Å². The predicted octanol–water partition coefficient (Wildman–Crippen LogP) is 5.68. The molecular weight excluding hydrogens is 664 g/mol. The summed E-state index contributed by atoms with van der Waals surface area (Å²) in [5.74, 6) is 0.577. The Labute approximate surface area is 281 Å². The van der Waals surface area contributed by atoms with Crippen molar-refractivity contribution in [2.24, 2.45) is 5.92 Å². The third-order valence-electron chi connectivity index (χ3n) is 9.41. The minimum atomic E-state index is -4.27. The molecule has 15 heteroatoms. The Morgan fingerprint density at radius 2 is 1.85 bits per heavy atom. The zero-order valence-electron chi connectivity index (χ0n) is 26.3. The first kappa shape index (κ1) is 34.3. The minimum absolute atomic E-state index is 0.00707. The molecule has 4 aromatic rings. The summed E-state index contributed by atoms with van der Waals surface area (Å²) < 4.78 is 66.9. The van der Waals surface area contributed by atoms with Crippen molar-refractivity contribution in [1.29, 1.82) is 5.26 Å². The molecule has 0 bridgehead atoms. The standard InChI is InChI=1S/C33H38F3N7O3S2/c1-2-48(45,46)41-25-6-4-22(5-7-25)30(44)19-43-26(17-37)14-23-13-21(3-8-29(23)43)18-42-11-9-24(10-12-42)40-31-28-15-27(16-33(34,35)36)47-32(28)39-20-38-31/h2-3,8,13-15,20,22,24-25,30,41,44H,1,4-7,9-12,16,18-19H2,(H,38,39,40). The Hall–Kier alpha value is -3.55. The Kier molecular flexibility index (Phi) is 10.1. The van der Waals surface area contributed by atoms with E-state index in [1.54, 1.807) is 0 Å². The van der Waals surface area contributed by atoms with E-state index >= 15 is 0 Å². The van der Waals surface area contributed by atoms with Crippen LogP contribution in [0.2, 0.25) is 0 Å². The van der Waals surface area contributed by atoms with Gasteiger partial charge in [0.2, 0.25) is 10.0 Å². The highest BCUT2D eigenvalue weighted by molar-refractivity contribution is 7.92. The molecule has 10 nitrogen and oxygen atoms in total. The summed E-state index contributed by atoms with van der Waals surface area (Å²) in [5, 5.41) is 26.9. The lowest BCUT2D eigenvalue weighted by Gasteiger charge is -2.32. The lowest BCUT2D eigenvalue weighted by Crippen LogP contribution is -2.39. The smallest absolute Gasteiger partial charge is 0.391 e. The van der Waals surface area contributed by atoms with E-state index in [2.05, 4.69) is 49.7 Å². The number of likely N-dealkylation sites (tertiary alicyclic amines) is 1. The summed E-state index contributed by atoms with van der Waals surface area (Å²) in [6, 6.07) is 11.8. The zero-order valence-corrected chi connectivity index (χ0v) is 27.9. The molecular formula is C33H38F3N7O3S2. The molecule has 4 heterocycles. The fourth-order valence-electron chi connectivity index (χ4n) is 6.94. The van der Waals surface area contributed by atoms with Crippen LogP contribution >= 0.6 is 11.3 Å². The van der Waals surface area contributed by atoms with Gasteiger partial charge in [0.15, 0.2) is 0 Å². The Balaban J connectivity index is 1.04. The molecule has 1 unspecified atom stereocenters. The highest BCUT2D eigenvalue weighted by atomic mass is 32.2. The van der Waals surface area contributed by atoms with E-state index in [4.69, 9.17) is 0 Å². The molecule has 1 aliphatic carbocycles. The molecule has 0 spiro atoms. The number of nitrogens with zero attached hydrogens (tertiary/aromatic N) is 5. The lowest BCUT2D eigenvalue weighted by atomic mass is 9.83. The summed E-state index contributed by atoms with van der Waals surface area (Å²) >= 11 is 1.05. The van der Waals surface area contributed by atoms with Crippen molar-refractivity contribution in [3.63, 3.8) is 0 Å². The van der Waals surface area contributed by atoms with Crippen molar-refractivity contribution in [3.05, 3.63) is 64.8 Å². The number of anilines is 1. The van der Waals surface area contributed by atoms with Crippen LogP contribution in [0, 0.1) is 17.2 Å². The fraction of sp³-hybridized carbons (Fsp3) is 0.485. The van der Waals surface area contributed by atoms with Gasteiger partial charge in [0.05, 0.1) is 24.5 Å². The number of hydrogen-bond acceptors (Lipinski definition) is 9. The third-order valence-corrected chi connectivity index (χ3v) is 11.5. The summed E-state index contributed by atoms with van der Waals surface area (Å²) in [6.07, 6.45) is -0.196. The normalized spacial score (nSPS) is 20.6. The number of aromatic nitrogens is 3. The predicted molar refractivity (Wildman–Crippen MR) is 180 cm³/mol. The van der Waals surface area contributed by atoms with E-state index in [-0.39, 0.29) is 29.4 Å². The van der Waals surface area contributed by atoms with Gasteiger partial charge in [-0.25, -0.2) is 23.1 Å². The zero-order chi connectivity index (χ0) is 34.1. The second-order valence-corrected chi connectivity index (χ2v) is 15.6. The maximum Gasteiger partial charge on any atom is 0.393 e. The highest BCUT2D eigenvalue weighted by Gasteiger charge is 2.30. The number of thiophene rings is 1. The number of benzene rings is 1. The number of hydrogen-bond donors (Lipinski definition) is 3. The van der Waals surface area contributed by atoms with Crippen LogP contribution < -0.4 is 10.0 Å². The van der Waals surface area contributed by atoms with Crippen LogP contribution in [-0.2, 0) is 29.5 Å². The molecule has 256 valence electrons. The number of piperidine rings is 1. The van der Waals surface area contributed by atoms with Gasteiger partial charge in [-0.05, 0) is 74.3 Å². The number of nitrogens with one attached hydrogen (secondary N) is 2. The number of aliphatic hydroxyl groups excluding tert-OH is 1. The lowest BCUT2D eigenvalue weighted by molar-refractivity contribution is -0.126. The van der Waals surface area contributed by atoms with Gasteiger partial charge in [-0.1, -0.05) is 12.6 Å².